The number of rotatable bonds is 4. The van der Waals surface area contributed by atoms with Crippen molar-refractivity contribution in [2.75, 3.05) is 4.72 Å². The number of benzene rings is 2. The van der Waals surface area contributed by atoms with Crippen molar-refractivity contribution in [3.05, 3.63) is 58.7 Å². The molecule has 0 aliphatic rings. The van der Waals surface area contributed by atoms with Crippen LogP contribution in [-0.2, 0) is 16.6 Å². The van der Waals surface area contributed by atoms with E-state index in [4.69, 9.17) is 5.73 Å². The summed E-state index contributed by atoms with van der Waals surface area (Å²) < 4.78 is 27.7. The van der Waals surface area contributed by atoms with Gasteiger partial charge in [-0.1, -0.05) is 18.2 Å². The van der Waals surface area contributed by atoms with E-state index in [0.717, 1.165) is 16.7 Å². The van der Waals surface area contributed by atoms with Crippen LogP contribution < -0.4 is 10.5 Å². The summed E-state index contributed by atoms with van der Waals surface area (Å²) in [4.78, 5) is 0.267. The average Bonchev–Trinajstić information content (AvgIpc) is 2.42. The maximum absolute atomic E-state index is 12.5. The first-order valence-electron chi connectivity index (χ1n) is 6.74. The number of nitrogens with two attached hydrogens (primary N) is 1. The van der Waals surface area contributed by atoms with E-state index >= 15 is 0 Å². The number of aryl methyl sites for hydroxylation is 2. The molecule has 0 aliphatic carbocycles. The Morgan fingerprint density at radius 3 is 2.38 bits per heavy atom. The molecule has 3 N–H and O–H groups in total. The first-order valence-corrected chi connectivity index (χ1v) is 8.22. The van der Waals surface area contributed by atoms with Gasteiger partial charge in [0.25, 0.3) is 10.0 Å². The predicted molar refractivity (Wildman–Crippen MR) is 85.8 cm³/mol. The van der Waals surface area contributed by atoms with Crippen LogP contribution in [0.4, 0.5) is 5.69 Å². The number of hydrogen-bond acceptors (Lipinski definition) is 3. The lowest BCUT2D eigenvalue weighted by Gasteiger charge is -2.13. The molecule has 0 bridgehead atoms. The van der Waals surface area contributed by atoms with Crippen LogP contribution in [0.1, 0.15) is 22.3 Å². The third-order valence-corrected chi connectivity index (χ3v) is 5.19. The van der Waals surface area contributed by atoms with Crippen molar-refractivity contribution in [2.24, 2.45) is 5.73 Å². The molecule has 21 heavy (non-hydrogen) atoms. The van der Waals surface area contributed by atoms with E-state index in [2.05, 4.69) is 4.72 Å². The lowest BCUT2D eigenvalue weighted by atomic mass is 10.1. The zero-order valence-electron chi connectivity index (χ0n) is 12.5. The molecule has 0 aromatic heterocycles. The molecular formula is C16H20N2O2S. The molecule has 2 aromatic carbocycles. The lowest BCUT2D eigenvalue weighted by Crippen LogP contribution is -2.15. The van der Waals surface area contributed by atoms with Crippen molar-refractivity contribution in [3.8, 4) is 0 Å². The SMILES string of the molecule is Cc1ccc(NS(=O)(=O)c2cccc(CN)c2C)cc1C. The zero-order valence-corrected chi connectivity index (χ0v) is 13.3. The van der Waals surface area contributed by atoms with Gasteiger partial charge in [0.05, 0.1) is 4.90 Å². The average molecular weight is 304 g/mol. The Labute approximate surface area is 126 Å². The van der Waals surface area contributed by atoms with Gasteiger partial charge in [-0.25, -0.2) is 8.42 Å². The van der Waals surface area contributed by atoms with E-state index in [1.807, 2.05) is 32.0 Å². The first kappa shape index (κ1) is 15.5. The van der Waals surface area contributed by atoms with Crippen molar-refractivity contribution in [1.82, 2.24) is 0 Å². The molecule has 0 heterocycles. The first-order chi connectivity index (χ1) is 9.85. The Kier molecular flexibility index (Phi) is 4.34. The summed E-state index contributed by atoms with van der Waals surface area (Å²) in [6.07, 6.45) is 0. The Hall–Kier alpha value is -1.85. The number of nitrogens with one attached hydrogen (secondary N) is 1. The van der Waals surface area contributed by atoms with Crippen LogP contribution in [0.3, 0.4) is 0 Å². The predicted octanol–water partition coefficient (Wildman–Crippen LogP) is 2.87. The summed E-state index contributed by atoms with van der Waals surface area (Å²) in [6.45, 7) is 6.03. The van der Waals surface area contributed by atoms with Crippen molar-refractivity contribution in [3.63, 3.8) is 0 Å². The Morgan fingerprint density at radius 2 is 1.76 bits per heavy atom. The quantitative estimate of drug-likeness (QED) is 0.912. The highest BCUT2D eigenvalue weighted by molar-refractivity contribution is 7.92. The van der Waals surface area contributed by atoms with Crippen LogP contribution in [0, 0.1) is 20.8 Å². The molecule has 0 unspecified atom stereocenters. The maximum Gasteiger partial charge on any atom is 0.262 e. The third kappa shape index (κ3) is 3.25. The molecule has 0 aliphatic heterocycles. The van der Waals surface area contributed by atoms with Crippen LogP contribution in [0.25, 0.3) is 0 Å². The van der Waals surface area contributed by atoms with Crippen LogP contribution in [0.15, 0.2) is 41.3 Å². The fraction of sp³-hybridized carbons (Fsp3) is 0.250. The van der Waals surface area contributed by atoms with Crippen LogP contribution in [-0.4, -0.2) is 8.42 Å². The molecule has 0 atom stereocenters. The highest BCUT2D eigenvalue weighted by atomic mass is 32.2. The molecule has 2 aromatic rings. The fourth-order valence-electron chi connectivity index (χ4n) is 2.19. The second-order valence-corrected chi connectivity index (χ2v) is 6.80. The van der Waals surface area contributed by atoms with E-state index in [-0.39, 0.29) is 4.90 Å². The van der Waals surface area contributed by atoms with E-state index in [0.29, 0.717) is 17.8 Å². The summed E-state index contributed by atoms with van der Waals surface area (Å²) in [5.74, 6) is 0. The lowest BCUT2D eigenvalue weighted by molar-refractivity contribution is 0.600. The van der Waals surface area contributed by atoms with Crippen molar-refractivity contribution >= 4 is 15.7 Å². The second-order valence-electron chi connectivity index (χ2n) is 5.15. The third-order valence-electron chi connectivity index (χ3n) is 3.66. The van der Waals surface area contributed by atoms with E-state index in [1.165, 1.54) is 0 Å². The zero-order chi connectivity index (χ0) is 15.6. The summed E-state index contributed by atoms with van der Waals surface area (Å²) >= 11 is 0. The second kappa shape index (κ2) is 5.87. The van der Waals surface area contributed by atoms with E-state index in [1.54, 1.807) is 25.1 Å². The number of sulfonamides is 1. The molecule has 0 amide bonds. The molecule has 0 spiro atoms. The molecule has 5 heteroatoms. The minimum Gasteiger partial charge on any atom is -0.326 e. The van der Waals surface area contributed by atoms with Gasteiger partial charge in [-0.2, -0.15) is 0 Å². The van der Waals surface area contributed by atoms with Crippen LogP contribution in [0.5, 0.6) is 0 Å². The minimum atomic E-state index is -3.61. The monoisotopic (exact) mass is 304 g/mol. The number of anilines is 1. The number of hydrogen-bond donors (Lipinski definition) is 2. The van der Waals surface area contributed by atoms with Gasteiger partial charge in [-0.05, 0) is 61.2 Å². The summed E-state index contributed by atoms with van der Waals surface area (Å²) in [7, 11) is -3.61. The molecule has 2 rings (SSSR count). The molecule has 0 saturated carbocycles. The molecule has 0 fully saturated rings. The Bertz CT molecular complexity index is 768. The van der Waals surface area contributed by atoms with E-state index in [9.17, 15) is 8.42 Å². The van der Waals surface area contributed by atoms with Crippen molar-refractivity contribution in [2.45, 2.75) is 32.2 Å². The topological polar surface area (TPSA) is 72.2 Å². The van der Waals surface area contributed by atoms with Gasteiger partial charge in [-0.15, -0.1) is 0 Å². The highest BCUT2D eigenvalue weighted by Gasteiger charge is 2.18. The molecule has 0 radical (unpaired) electrons. The molecule has 4 nitrogen and oxygen atoms in total. The van der Waals surface area contributed by atoms with Gasteiger partial charge in [0.1, 0.15) is 0 Å². The van der Waals surface area contributed by atoms with Gasteiger partial charge in [0.15, 0.2) is 0 Å². The molecule has 112 valence electrons. The summed E-state index contributed by atoms with van der Waals surface area (Å²) in [5, 5.41) is 0. The largest absolute Gasteiger partial charge is 0.326 e. The normalized spacial score (nSPS) is 11.4. The smallest absolute Gasteiger partial charge is 0.262 e. The van der Waals surface area contributed by atoms with Gasteiger partial charge in [-0.3, -0.25) is 4.72 Å². The fourth-order valence-corrected chi connectivity index (χ4v) is 3.53. The van der Waals surface area contributed by atoms with Gasteiger partial charge < -0.3 is 5.73 Å². The molecule has 0 saturated heterocycles. The maximum atomic E-state index is 12.5. The minimum absolute atomic E-state index is 0.267. The van der Waals surface area contributed by atoms with Crippen LogP contribution in [0.2, 0.25) is 0 Å². The van der Waals surface area contributed by atoms with Gasteiger partial charge in [0, 0.05) is 12.2 Å². The highest BCUT2D eigenvalue weighted by Crippen LogP contribution is 2.23. The van der Waals surface area contributed by atoms with Crippen LogP contribution >= 0.6 is 0 Å². The molecular weight excluding hydrogens is 284 g/mol. The van der Waals surface area contributed by atoms with Crippen molar-refractivity contribution in [1.29, 1.82) is 0 Å². The van der Waals surface area contributed by atoms with Gasteiger partial charge >= 0.3 is 0 Å². The van der Waals surface area contributed by atoms with Crippen molar-refractivity contribution < 1.29 is 8.42 Å². The summed E-state index contributed by atoms with van der Waals surface area (Å²) in [6, 6.07) is 10.6. The van der Waals surface area contributed by atoms with E-state index < -0.39 is 10.0 Å². The Balaban J connectivity index is 2.41. The van der Waals surface area contributed by atoms with Gasteiger partial charge in [0.2, 0.25) is 0 Å². The Morgan fingerprint density at radius 1 is 1.05 bits per heavy atom. The summed E-state index contributed by atoms with van der Waals surface area (Å²) in [5.41, 5.74) is 9.89. The standard InChI is InChI=1S/C16H20N2O2S/c1-11-7-8-15(9-12(11)2)18-21(19,20)16-6-4-5-14(10-17)13(16)3/h4-9,18H,10,17H2,1-3H3.